The van der Waals surface area contributed by atoms with E-state index in [9.17, 15) is 4.79 Å². The average molecular weight is 269 g/mol. The van der Waals surface area contributed by atoms with Crippen LogP contribution in [0.15, 0.2) is 0 Å². The van der Waals surface area contributed by atoms with E-state index in [1.807, 2.05) is 4.90 Å². The Morgan fingerprint density at radius 3 is 2.37 bits per heavy atom. The van der Waals surface area contributed by atoms with Crippen molar-refractivity contribution < 1.29 is 9.53 Å². The van der Waals surface area contributed by atoms with E-state index in [2.05, 4.69) is 27.7 Å². The highest BCUT2D eigenvalue weighted by Gasteiger charge is 2.22. The lowest BCUT2D eigenvalue weighted by atomic mass is 9.91. The molecule has 1 saturated carbocycles. The number of amides is 1. The lowest BCUT2D eigenvalue weighted by Gasteiger charge is -2.29. The van der Waals surface area contributed by atoms with Crippen molar-refractivity contribution in [2.24, 2.45) is 5.41 Å². The Hall–Kier alpha value is -0.570. The van der Waals surface area contributed by atoms with E-state index in [-0.39, 0.29) is 11.3 Å². The van der Waals surface area contributed by atoms with Crippen LogP contribution in [-0.2, 0) is 9.53 Å². The molecule has 1 aliphatic rings. The molecule has 1 amide bonds. The molecule has 3 nitrogen and oxygen atoms in total. The molecule has 0 atom stereocenters. The summed E-state index contributed by atoms with van der Waals surface area (Å²) in [5.41, 5.74) is 0.0495. The Labute approximate surface area is 118 Å². The van der Waals surface area contributed by atoms with Gasteiger partial charge in [0.15, 0.2) is 0 Å². The monoisotopic (exact) mass is 269 g/mol. The minimum Gasteiger partial charge on any atom is -0.358 e. The van der Waals surface area contributed by atoms with Crippen molar-refractivity contribution in [1.29, 1.82) is 0 Å². The van der Waals surface area contributed by atoms with Crippen LogP contribution in [0, 0.1) is 5.41 Å². The molecule has 0 N–H and O–H groups in total. The third kappa shape index (κ3) is 6.95. The van der Waals surface area contributed by atoms with E-state index in [0.29, 0.717) is 19.3 Å². The first-order chi connectivity index (χ1) is 8.92. The van der Waals surface area contributed by atoms with E-state index in [1.54, 1.807) is 0 Å². The third-order valence-electron chi connectivity index (χ3n) is 3.55. The minimum absolute atomic E-state index is 0.0495. The Morgan fingerprint density at radius 1 is 1.21 bits per heavy atom. The van der Waals surface area contributed by atoms with Gasteiger partial charge in [-0.1, -0.05) is 47.0 Å². The van der Waals surface area contributed by atoms with Gasteiger partial charge in [0, 0.05) is 13.0 Å². The fraction of sp³-hybridized carbons (Fsp3) is 0.938. The number of nitrogens with zero attached hydrogens (tertiary/aromatic N) is 1. The summed E-state index contributed by atoms with van der Waals surface area (Å²) in [6.45, 7) is 9.72. The van der Waals surface area contributed by atoms with Gasteiger partial charge in [-0.05, 0) is 24.7 Å². The maximum absolute atomic E-state index is 12.3. The molecule has 3 heteroatoms. The van der Waals surface area contributed by atoms with E-state index >= 15 is 0 Å². The van der Waals surface area contributed by atoms with Crippen LogP contribution in [0.3, 0.4) is 0 Å². The van der Waals surface area contributed by atoms with E-state index in [0.717, 1.165) is 25.8 Å². The van der Waals surface area contributed by atoms with E-state index in [4.69, 9.17) is 4.74 Å². The smallest absolute Gasteiger partial charge is 0.224 e. The van der Waals surface area contributed by atoms with Crippen LogP contribution in [0.5, 0.6) is 0 Å². The summed E-state index contributed by atoms with van der Waals surface area (Å²) in [4.78, 5) is 14.2. The predicted octanol–water partition coefficient (Wildman–Crippen LogP) is 3.97. The first-order valence-corrected chi connectivity index (χ1v) is 7.82. The Balaban J connectivity index is 2.40. The molecule has 1 rings (SSSR count). The number of hydrogen-bond donors (Lipinski definition) is 0. The lowest BCUT2D eigenvalue weighted by molar-refractivity contribution is -0.141. The molecule has 1 fully saturated rings. The van der Waals surface area contributed by atoms with Gasteiger partial charge in [-0.2, -0.15) is 0 Å². The van der Waals surface area contributed by atoms with Gasteiger partial charge in [0.2, 0.25) is 5.91 Å². The fourth-order valence-corrected chi connectivity index (χ4v) is 2.52. The average Bonchev–Trinajstić information content (AvgIpc) is 2.33. The predicted molar refractivity (Wildman–Crippen MR) is 78.9 cm³/mol. The van der Waals surface area contributed by atoms with Crippen molar-refractivity contribution in [2.45, 2.75) is 78.7 Å². The summed E-state index contributed by atoms with van der Waals surface area (Å²) < 4.78 is 5.94. The molecular formula is C16H31NO2. The van der Waals surface area contributed by atoms with Crippen molar-refractivity contribution in [3.05, 3.63) is 0 Å². The summed E-state index contributed by atoms with van der Waals surface area (Å²) in [5, 5.41) is 0. The minimum atomic E-state index is 0.0495. The molecule has 0 aromatic rings. The molecule has 0 saturated heterocycles. The van der Waals surface area contributed by atoms with Gasteiger partial charge in [-0.3, -0.25) is 4.79 Å². The van der Waals surface area contributed by atoms with Gasteiger partial charge in [0.25, 0.3) is 0 Å². The standard InChI is InChI=1S/C16H31NO2/c1-5-11-17(15(18)12-16(2,3)4)13-19-14-9-7-6-8-10-14/h14H,5-13H2,1-4H3. The molecule has 0 unspecified atom stereocenters. The topological polar surface area (TPSA) is 29.5 Å². The quantitative estimate of drug-likeness (QED) is 0.683. The van der Waals surface area contributed by atoms with E-state index < -0.39 is 0 Å². The van der Waals surface area contributed by atoms with Crippen LogP contribution in [-0.4, -0.2) is 30.2 Å². The summed E-state index contributed by atoms with van der Waals surface area (Å²) in [5.74, 6) is 0.227. The molecule has 0 radical (unpaired) electrons. The van der Waals surface area contributed by atoms with Crippen molar-refractivity contribution in [3.63, 3.8) is 0 Å². The van der Waals surface area contributed by atoms with Gasteiger partial charge in [0.1, 0.15) is 6.73 Å². The normalized spacial score (nSPS) is 17.5. The SMILES string of the molecule is CCCN(COC1CCCCC1)C(=O)CC(C)(C)C. The summed E-state index contributed by atoms with van der Waals surface area (Å²) in [6, 6.07) is 0. The van der Waals surface area contributed by atoms with Gasteiger partial charge < -0.3 is 9.64 Å². The molecular weight excluding hydrogens is 238 g/mol. The largest absolute Gasteiger partial charge is 0.358 e. The van der Waals surface area contributed by atoms with Crippen LogP contribution in [0.2, 0.25) is 0 Å². The molecule has 0 heterocycles. The van der Waals surface area contributed by atoms with Gasteiger partial charge >= 0.3 is 0 Å². The van der Waals surface area contributed by atoms with Crippen molar-refractivity contribution in [1.82, 2.24) is 4.90 Å². The Kier molecular flexibility index (Phi) is 6.84. The Morgan fingerprint density at radius 2 is 1.84 bits per heavy atom. The fourth-order valence-electron chi connectivity index (χ4n) is 2.52. The maximum Gasteiger partial charge on any atom is 0.224 e. The Bertz CT molecular complexity index is 264. The maximum atomic E-state index is 12.3. The van der Waals surface area contributed by atoms with Crippen LogP contribution < -0.4 is 0 Å². The molecule has 0 bridgehead atoms. The number of ether oxygens (including phenoxy) is 1. The zero-order valence-corrected chi connectivity index (χ0v) is 13.2. The first-order valence-electron chi connectivity index (χ1n) is 7.82. The zero-order valence-electron chi connectivity index (χ0n) is 13.2. The summed E-state index contributed by atoms with van der Waals surface area (Å²) in [7, 11) is 0. The number of carbonyl (C=O) groups is 1. The second kappa shape index (κ2) is 7.88. The van der Waals surface area contributed by atoms with Gasteiger partial charge in [-0.15, -0.1) is 0 Å². The molecule has 19 heavy (non-hydrogen) atoms. The van der Waals surface area contributed by atoms with Crippen molar-refractivity contribution in [3.8, 4) is 0 Å². The van der Waals surface area contributed by atoms with Crippen LogP contribution in [0.4, 0.5) is 0 Å². The highest BCUT2D eigenvalue weighted by molar-refractivity contribution is 5.76. The number of rotatable bonds is 6. The number of hydrogen-bond acceptors (Lipinski definition) is 2. The number of carbonyl (C=O) groups excluding carboxylic acids is 1. The zero-order chi connectivity index (χ0) is 14.3. The second-order valence-corrected chi connectivity index (χ2v) is 6.95. The van der Waals surface area contributed by atoms with Crippen LogP contribution >= 0.6 is 0 Å². The summed E-state index contributed by atoms with van der Waals surface area (Å²) in [6.07, 6.45) is 8.16. The van der Waals surface area contributed by atoms with Gasteiger partial charge in [0.05, 0.1) is 6.10 Å². The molecule has 0 spiro atoms. The molecule has 112 valence electrons. The summed E-state index contributed by atoms with van der Waals surface area (Å²) >= 11 is 0. The van der Waals surface area contributed by atoms with Crippen molar-refractivity contribution in [2.75, 3.05) is 13.3 Å². The highest BCUT2D eigenvalue weighted by Crippen LogP contribution is 2.22. The highest BCUT2D eigenvalue weighted by atomic mass is 16.5. The van der Waals surface area contributed by atoms with Crippen molar-refractivity contribution >= 4 is 5.91 Å². The van der Waals surface area contributed by atoms with Crippen LogP contribution in [0.1, 0.15) is 72.6 Å². The van der Waals surface area contributed by atoms with E-state index in [1.165, 1.54) is 19.3 Å². The third-order valence-corrected chi connectivity index (χ3v) is 3.55. The lowest BCUT2D eigenvalue weighted by Crippen LogP contribution is -2.37. The second-order valence-electron chi connectivity index (χ2n) is 6.95. The molecule has 0 aromatic heterocycles. The van der Waals surface area contributed by atoms with Crippen LogP contribution in [0.25, 0.3) is 0 Å². The van der Waals surface area contributed by atoms with Gasteiger partial charge in [-0.25, -0.2) is 0 Å². The first kappa shape index (κ1) is 16.5. The molecule has 0 aromatic carbocycles. The molecule has 0 aliphatic heterocycles. The molecule has 1 aliphatic carbocycles.